The summed E-state index contributed by atoms with van der Waals surface area (Å²) in [6.07, 6.45) is 4.06. The van der Waals surface area contributed by atoms with Gasteiger partial charge in [0, 0.05) is 29.1 Å². The maximum atomic E-state index is 14.1. The van der Waals surface area contributed by atoms with Gasteiger partial charge in [-0.15, -0.1) is 0 Å². The number of rotatable bonds is 3. The van der Waals surface area contributed by atoms with Crippen LogP contribution in [-0.4, -0.2) is 25.2 Å². The molecule has 2 aliphatic heterocycles. The first kappa shape index (κ1) is 20.8. The highest BCUT2D eigenvalue weighted by Crippen LogP contribution is 2.45. The Hall–Kier alpha value is -4.58. The molecular formula is C30H24N4O2. The van der Waals surface area contributed by atoms with E-state index in [9.17, 15) is 4.79 Å². The largest absolute Gasteiger partial charge is 0.457 e. The second kappa shape index (κ2) is 7.99. The van der Waals surface area contributed by atoms with Crippen LogP contribution in [0.1, 0.15) is 33.9 Å². The zero-order valence-electron chi connectivity index (χ0n) is 19.8. The Kier molecular flexibility index (Phi) is 4.61. The Morgan fingerprint density at radius 3 is 2.17 bits per heavy atom. The molecule has 5 aromatic rings. The summed E-state index contributed by atoms with van der Waals surface area (Å²) in [5, 5.41) is 5.02. The molecule has 0 saturated carbocycles. The van der Waals surface area contributed by atoms with Gasteiger partial charge < -0.3 is 14.2 Å². The molecule has 3 aromatic carbocycles. The molecule has 6 nitrogen and oxygen atoms in total. The molecule has 0 bridgehead atoms. The van der Waals surface area contributed by atoms with Gasteiger partial charge in [0.2, 0.25) is 5.91 Å². The summed E-state index contributed by atoms with van der Waals surface area (Å²) in [6.45, 7) is 3.08. The van der Waals surface area contributed by atoms with Crippen molar-refractivity contribution in [2.75, 3.05) is 0 Å². The molecule has 0 aliphatic carbocycles. The van der Waals surface area contributed by atoms with Gasteiger partial charge in [-0.25, -0.2) is 4.68 Å². The monoisotopic (exact) mass is 472 g/mol. The lowest BCUT2D eigenvalue weighted by atomic mass is 9.87. The number of fused-ring (bicyclic) bond motifs is 3. The molecule has 0 N–H and O–H groups in total. The van der Waals surface area contributed by atoms with Gasteiger partial charge in [-0.2, -0.15) is 5.10 Å². The highest BCUT2D eigenvalue weighted by Gasteiger charge is 2.39. The topological polar surface area (TPSA) is 52.3 Å². The highest BCUT2D eigenvalue weighted by atomic mass is 16.5. The van der Waals surface area contributed by atoms with E-state index in [1.807, 2.05) is 94.8 Å². The summed E-state index contributed by atoms with van der Waals surface area (Å²) in [5.74, 6) is 2.12. The quantitative estimate of drug-likeness (QED) is 0.336. The van der Waals surface area contributed by atoms with Crippen LogP contribution in [0, 0.1) is 6.92 Å². The zero-order valence-corrected chi connectivity index (χ0v) is 19.8. The minimum absolute atomic E-state index is 0.0668. The average molecular weight is 473 g/mol. The van der Waals surface area contributed by atoms with Crippen LogP contribution in [0.2, 0.25) is 0 Å². The number of amides is 1. The lowest BCUT2D eigenvalue weighted by Gasteiger charge is -2.30. The predicted octanol–water partition coefficient (Wildman–Crippen LogP) is 5.75. The normalized spacial score (nSPS) is 14.2. The summed E-state index contributed by atoms with van der Waals surface area (Å²) in [5.41, 5.74) is 6.01. The first-order valence-corrected chi connectivity index (χ1v) is 12.1. The minimum atomic E-state index is -0.409. The van der Waals surface area contributed by atoms with Gasteiger partial charge in [0.1, 0.15) is 17.3 Å². The van der Waals surface area contributed by atoms with Crippen LogP contribution in [0.5, 0.6) is 11.5 Å². The van der Waals surface area contributed by atoms with Crippen LogP contribution in [0.25, 0.3) is 11.5 Å². The first-order valence-electron chi connectivity index (χ1n) is 12.1. The Bertz CT molecular complexity index is 1570. The Morgan fingerprint density at radius 2 is 1.47 bits per heavy atom. The number of carbonyl (C=O) groups is 1. The van der Waals surface area contributed by atoms with E-state index in [0.29, 0.717) is 13.1 Å². The third-order valence-electron chi connectivity index (χ3n) is 7.16. The summed E-state index contributed by atoms with van der Waals surface area (Å²) in [6, 6.07) is 27.9. The predicted molar refractivity (Wildman–Crippen MR) is 137 cm³/mol. The van der Waals surface area contributed by atoms with Crippen LogP contribution in [0.15, 0.2) is 97.3 Å². The molecule has 0 radical (unpaired) electrons. The van der Waals surface area contributed by atoms with E-state index in [1.165, 1.54) is 0 Å². The number of aryl methyl sites for hydroxylation is 1. The van der Waals surface area contributed by atoms with Gasteiger partial charge in [0.15, 0.2) is 0 Å². The van der Waals surface area contributed by atoms with Crippen LogP contribution >= 0.6 is 0 Å². The molecule has 0 atom stereocenters. The molecule has 0 saturated heterocycles. The molecular weight excluding hydrogens is 448 g/mol. The molecule has 36 heavy (non-hydrogen) atoms. The minimum Gasteiger partial charge on any atom is -0.457 e. The van der Waals surface area contributed by atoms with Gasteiger partial charge in [0.25, 0.3) is 0 Å². The number of carbonyl (C=O) groups excluding carboxylic acids is 1. The van der Waals surface area contributed by atoms with E-state index < -0.39 is 5.92 Å². The second-order valence-corrected chi connectivity index (χ2v) is 9.34. The molecule has 0 spiro atoms. The summed E-state index contributed by atoms with van der Waals surface area (Å²) >= 11 is 0. The van der Waals surface area contributed by atoms with Crippen molar-refractivity contribution in [3.63, 3.8) is 0 Å². The number of benzene rings is 3. The van der Waals surface area contributed by atoms with E-state index in [4.69, 9.17) is 9.84 Å². The van der Waals surface area contributed by atoms with Gasteiger partial charge in [0.05, 0.1) is 30.4 Å². The SMILES string of the molecule is Cc1ccccc1-n1nc2c(c1-n1cccc1)CN(C(=O)C1c3ccccc3Oc3ccccc31)C2. The number of aromatic nitrogens is 3. The fourth-order valence-corrected chi connectivity index (χ4v) is 5.43. The van der Waals surface area contributed by atoms with E-state index in [2.05, 4.69) is 23.6 Å². The number of hydrogen-bond acceptors (Lipinski definition) is 3. The third kappa shape index (κ3) is 3.11. The lowest BCUT2D eigenvalue weighted by Crippen LogP contribution is -2.33. The van der Waals surface area contributed by atoms with Crippen molar-refractivity contribution in [1.29, 1.82) is 0 Å². The second-order valence-electron chi connectivity index (χ2n) is 9.34. The Labute approximate surface area is 209 Å². The maximum Gasteiger partial charge on any atom is 0.235 e. The average Bonchev–Trinajstić information content (AvgIpc) is 3.64. The summed E-state index contributed by atoms with van der Waals surface area (Å²) < 4.78 is 10.2. The van der Waals surface area contributed by atoms with Crippen LogP contribution in [0.3, 0.4) is 0 Å². The van der Waals surface area contributed by atoms with Crippen molar-refractivity contribution in [2.45, 2.75) is 25.9 Å². The number of nitrogens with zero attached hydrogens (tertiary/aromatic N) is 4. The Balaban J connectivity index is 1.30. The van der Waals surface area contributed by atoms with Crippen LogP contribution in [-0.2, 0) is 17.9 Å². The van der Waals surface area contributed by atoms with E-state index in [0.717, 1.165) is 51.0 Å². The molecule has 7 rings (SSSR count). The van der Waals surface area contributed by atoms with E-state index >= 15 is 0 Å². The standard InChI is InChI=1S/C30H24N4O2/c1-20-10-2-5-13-25(20)34-29(32-16-8-9-17-32)23-18-33(19-24(23)31-34)30(35)28-21-11-3-6-14-26(21)36-27-15-7-4-12-22(27)28/h2-17,28H,18-19H2,1H3. The van der Waals surface area contributed by atoms with E-state index in [-0.39, 0.29) is 5.91 Å². The van der Waals surface area contributed by atoms with Gasteiger partial charge in [-0.1, -0.05) is 54.6 Å². The summed E-state index contributed by atoms with van der Waals surface area (Å²) in [7, 11) is 0. The van der Waals surface area contributed by atoms with Crippen molar-refractivity contribution >= 4 is 5.91 Å². The molecule has 176 valence electrons. The fraction of sp³-hybridized carbons (Fsp3) is 0.133. The van der Waals surface area contributed by atoms with E-state index in [1.54, 1.807) is 0 Å². The van der Waals surface area contributed by atoms with Crippen LogP contribution < -0.4 is 4.74 Å². The molecule has 0 fully saturated rings. The maximum absolute atomic E-state index is 14.1. The first-order chi connectivity index (χ1) is 17.7. The fourth-order valence-electron chi connectivity index (χ4n) is 5.43. The van der Waals surface area contributed by atoms with Gasteiger partial charge in [-0.3, -0.25) is 4.79 Å². The molecule has 6 heteroatoms. The highest BCUT2D eigenvalue weighted by molar-refractivity contribution is 5.90. The number of ether oxygens (including phenoxy) is 1. The number of para-hydroxylation sites is 3. The molecule has 4 heterocycles. The Morgan fingerprint density at radius 1 is 0.833 bits per heavy atom. The third-order valence-corrected chi connectivity index (χ3v) is 7.16. The van der Waals surface area contributed by atoms with Crippen LogP contribution in [0.4, 0.5) is 0 Å². The van der Waals surface area contributed by atoms with Crippen molar-refractivity contribution in [3.8, 4) is 23.0 Å². The zero-order chi connectivity index (χ0) is 24.2. The molecule has 2 aromatic heterocycles. The van der Waals surface area contributed by atoms with Crippen molar-refractivity contribution in [3.05, 3.63) is 125 Å². The van der Waals surface area contributed by atoms with Gasteiger partial charge in [-0.05, 0) is 42.8 Å². The molecule has 1 amide bonds. The van der Waals surface area contributed by atoms with Crippen molar-refractivity contribution < 1.29 is 9.53 Å². The van der Waals surface area contributed by atoms with Crippen molar-refractivity contribution in [2.24, 2.45) is 0 Å². The molecule has 0 unspecified atom stereocenters. The summed E-state index contributed by atoms with van der Waals surface area (Å²) in [4.78, 5) is 16.1. The lowest BCUT2D eigenvalue weighted by molar-refractivity contribution is -0.132. The van der Waals surface area contributed by atoms with Gasteiger partial charge >= 0.3 is 0 Å². The smallest absolute Gasteiger partial charge is 0.235 e. The number of hydrogen-bond donors (Lipinski definition) is 0. The van der Waals surface area contributed by atoms with Crippen molar-refractivity contribution in [1.82, 2.24) is 19.2 Å². The molecule has 2 aliphatic rings.